The topological polar surface area (TPSA) is 32.3 Å². The average molecular weight is 341 g/mol. The fourth-order valence-corrected chi connectivity index (χ4v) is 4.17. The van der Waals surface area contributed by atoms with Gasteiger partial charge in [-0.2, -0.15) is 11.8 Å². The van der Waals surface area contributed by atoms with Crippen LogP contribution in [0.5, 0.6) is 0 Å². The van der Waals surface area contributed by atoms with Gasteiger partial charge in [-0.05, 0) is 30.9 Å². The van der Waals surface area contributed by atoms with Crippen LogP contribution in [0.3, 0.4) is 0 Å². The van der Waals surface area contributed by atoms with E-state index in [1.807, 2.05) is 17.8 Å². The van der Waals surface area contributed by atoms with Crippen LogP contribution < -0.4 is 5.32 Å². The van der Waals surface area contributed by atoms with Gasteiger partial charge in [0.1, 0.15) is 0 Å². The molecule has 0 bridgehead atoms. The van der Waals surface area contributed by atoms with Crippen molar-refractivity contribution in [3.63, 3.8) is 0 Å². The van der Waals surface area contributed by atoms with Crippen LogP contribution in [0.2, 0.25) is 0 Å². The summed E-state index contributed by atoms with van der Waals surface area (Å²) >= 11 is 1.97. The number of carbonyl (C=O) groups excluding carboxylic acids is 1. The van der Waals surface area contributed by atoms with Crippen molar-refractivity contribution in [1.29, 1.82) is 0 Å². The summed E-state index contributed by atoms with van der Waals surface area (Å²) in [6.07, 6.45) is 2.65. The van der Waals surface area contributed by atoms with Gasteiger partial charge >= 0.3 is 0 Å². The van der Waals surface area contributed by atoms with Gasteiger partial charge in [-0.3, -0.25) is 4.79 Å². The van der Waals surface area contributed by atoms with Crippen LogP contribution >= 0.6 is 24.2 Å². The van der Waals surface area contributed by atoms with E-state index >= 15 is 0 Å². The third-order valence-electron chi connectivity index (χ3n) is 4.36. The second-order valence-corrected chi connectivity index (χ2v) is 7.58. The molecule has 2 aliphatic rings. The van der Waals surface area contributed by atoms with Crippen LogP contribution in [0.25, 0.3) is 0 Å². The highest BCUT2D eigenvalue weighted by Crippen LogP contribution is 2.35. The molecule has 2 fully saturated rings. The van der Waals surface area contributed by atoms with Crippen molar-refractivity contribution in [2.45, 2.75) is 31.1 Å². The molecule has 1 saturated carbocycles. The fourth-order valence-electron chi connectivity index (χ4n) is 3.01. The molecule has 1 aromatic rings. The van der Waals surface area contributed by atoms with Crippen molar-refractivity contribution < 1.29 is 4.79 Å². The third kappa shape index (κ3) is 4.40. The zero-order valence-corrected chi connectivity index (χ0v) is 14.7. The molecule has 22 heavy (non-hydrogen) atoms. The van der Waals surface area contributed by atoms with Crippen molar-refractivity contribution in [3.8, 4) is 0 Å². The summed E-state index contributed by atoms with van der Waals surface area (Å²) in [7, 11) is 0. The van der Waals surface area contributed by atoms with E-state index in [-0.39, 0.29) is 24.4 Å². The largest absolute Gasteiger partial charge is 0.333 e. The summed E-state index contributed by atoms with van der Waals surface area (Å²) in [5.74, 6) is 2.11. The minimum Gasteiger partial charge on any atom is -0.333 e. The van der Waals surface area contributed by atoms with Crippen LogP contribution in [-0.2, 0) is 4.79 Å². The number of amides is 1. The second kappa shape index (κ2) is 8.23. The Morgan fingerprint density at radius 2 is 2.05 bits per heavy atom. The van der Waals surface area contributed by atoms with Gasteiger partial charge in [0.25, 0.3) is 0 Å². The van der Waals surface area contributed by atoms with Crippen molar-refractivity contribution >= 4 is 30.1 Å². The van der Waals surface area contributed by atoms with Crippen LogP contribution in [0.1, 0.15) is 31.4 Å². The monoisotopic (exact) mass is 340 g/mol. The Morgan fingerprint density at radius 1 is 1.32 bits per heavy atom. The molecule has 0 radical (unpaired) electrons. The van der Waals surface area contributed by atoms with Crippen molar-refractivity contribution in [1.82, 2.24) is 10.2 Å². The van der Waals surface area contributed by atoms with Gasteiger partial charge in [0.05, 0.1) is 12.6 Å². The van der Waals surface area contributed by atoms with Gasteiger partial charge in [0, 0.05) is 17.5 Å². The molecule has 1 aromatic carbocycles. The highest BCUT2D eigenvalue weighted by Gasteiger charge is 2.33. The summed E-state index contributed by atoms with van der Waals surface area (Å²) in [5, 5.41) is 3.79. The molecule has 1 amide bonds. The lowest BCUT2D eigenvalue weighted by Gasteiger charge is -2.40. The maximum absolute atomic E-state index is 12.6. The second-order valence-electron chi connectivity index (χ2n) is 6.09. The molecule has 2 unspecified atom stereocenters. The molecule has 0 aromatic heterocycles. The number of rotatable bonds is 5. The van der Waals surface area contributed by atoms with Crippen LogP contribution in [0.4, 0.5) is 0 Å². The number of thioether (sulfide) groups is 1. The Labute approximate surface area is 143 Å². The van der Waals surface area contributed by atoms with Gasteiger partial charge in [-0.1, -0.05) is 37.3 Å². The van der Waals surface area contributed by atoms with Crippen molar-refractivity contribution in [2.75, 3.05) is 25.4 Å². The molecule has 1 aliphatic carbocycles. The van der Waals surface area contributed by atoms with Gasteiger partial charge < -0.3 is 10.2 Å². The Hall–Kier alpha value is -0.710. The molecule has 1 aliphatic heterocycles. The number of hydrogen-bond acceptors (Lipinski definition) is 3. The zero-order valence-electron chi connectivity index (χ0n) is 13.0. The van der Waals surface area contributed by atoms with E-state index in [2.05, 4.69) is 41.4 Å². The summed E-state index contributed by atoms with van der Waals surface area (Å²) in [4.78, 5) is 14.7. The highest BCUT2D eigenvalue weighted by molar-refractivity contribution is 8.00. The number of carbonyl (C=O) groups is 1. The summed E-state index contributed by atoms with van der Waals surface area (Å²) in [5.41, 5.74) is 1.26. The van der Waals surface area contributed by atoms with Gasteiger partial charge in [-0.25, -0.2) is 0 Å². The predicted octanol–water partition coefficient (Wildman–Crippen LogP) is 3.11. The summed E-state index contributed by atoms with van der Waals surface area (Å²) in [6.45, 7) is 4.58. The number of nitrogens with zero attached hydrogens (tertiary/aromatic N) is 1. The SMILES string of the molecule is CC1SCCN(C(=O)CNCC2CC2)C1c1ccccc1.Cl. The molecule has 1 N–H and O–H groups in total. The number of hydrogen-bond donors (Lipinski definition) is 1. The molecule has 1 saturated heterocycles. The fraction of sp³-hybridized carbons (Fsp3) is 0.588. The van der Waals surface area contributed by atoms with Crippen LogP contribution in [0.15, 0.2) is 30.3 Å². The van der Waals surface area contributed by atoms with Gasteiger partial charge in [0.15, 0.2) is 0 Å². The minimum atomic E-state index is 0. The van der Waals surface area contributed by atoms with Crippen molar-refractivity contribution in [3.05, 3.63) is 35.9 Å². The minimum absolute atomic E-state index is 0. The van der Waals surface area contributed by atoms with E-state index in [0.29, 0.717) is 11.8 Å². The molecular formula is C17H25ClN2OS. The standard InChI is InChI=1S/C17H24N2OS.ClH/c1-13-17(15-5-3-2-4-6-15)19(9-10-21-13)16(20)12-18-11-14-7-8-14;/h2-6,13-14,17-18H,7-12H2,1H3;1H. The maximum atomic E-state index is 12.6. The van der Waals surface area contributed by atoms with E-state index in [1.54, 1.807) is 0 Å². The van der Waals surface area contributed by atoms with E-state index in [0.717, 1.165) is 24.8 Å². The Balaban J connectivity index is 0.00000176. The lowest BCUT2D eigenvalue weighted by Crippen LogP contribution is -2.47. The summed E-state index contributed by atoms with van der Waals surface area (Å²) < 4.78 is 0. The third-order valence-corrected chi connectivity index (χ3v) is 5.56. The molecule has 3 rings (SSSR count). The quantitative estimate of drug-likeness (QED) is 0.893. The Kier molecular flexibility index (Phi) is 6.60. The number of halogens is 1. The Morgan fingerprint density at radius 3 is 2.73 bits per heavy atom. The van der Waals surface area contributed by atoms with Gasteiger partial charge in [0.2, 0.25) is 5.91 Å². The van der Waals surface area contributed by atoms with E-state index in [1.165, 1.54) is 18.4 Å². The first-order valence-electron chi connectivity index (χ1n) is 7.92. The molecule has 122 valence electrons. The van der Waals surface area contributed by atoms with Crippen molar-refractivity contribution in [2.24, 2.45) is 5.92 Å². The maximum Gasteiger partial charge on any atom is 0.237 e. The van der Waals surface area contributed by atoms with Gasteiger partial charge in [-0.15, -0.1) is 12.4 Å². The first-order chi connectivity index (χ1) is 10.3. The van der Waals surface area contributed by atoms with E-state index < -0.39 is 0 Å². The lowest BCUT2D eigenvalue weighted by molar-refractivity contribution is -0.132. The molecular weight excluding hydrogens is 316 g/mol. The molecule has 5 heteroatoms. The lowest BCUT2D eigenvalue weighted by atomic mass is 10.0. The molecule has 1 heterocycles. The molecule has 2 atom stereocenters. The summed E-state index contributed by atoms with van der Waals surface area (Å²) in [6, 6.07) is 10.7. The number of benzene rings is 1. The normalized spacial score (nSPS) is 24.7. The smallest absolute Gasteiger partial charge is 0.237 e. The van der Waals surface area contributed by atoms with E-state index in [9.17, 15) is 4.79 Å². The van der Waals surface area contributed by atoms with Crippen LogP contribution in [0, 0.1) is 5.92 Å². The average Bonchev–Trinajstić information content (AvgIpc) is 3.32. The predicted molar refractivity (Wildman–Crippen MR) is 95.7 cm³/mol. The number of nitrogens with one attached hydrogen (secondary N) is 1. The Bertz CT molecular complexity index is 481. The first-order valence-corrected chi connectivity index (χ1v) is 8.97. The van der Waals surface area contributed by atoms with Crippen LogP contribution in [-0.4, -0.2) is 41.4 Å². The first kappa shape index (κ1) is 17.6. The zero-order chi connectivity index (χ0) is 14.7. The molecule has 3 nitrogen and oxygen atoms in total. The van der Waals surface area contributed by atoms with E-state index in [4.69, 9.17) is 0 Å². The molecule has 0 spiro atoms. The highest BCUT2D eigenvalue weighted by atomic mass is 35.5.